The molecule has 8 aromatic carbocycles. The van der Waals surface area contributed by atoms with E-state index in [1.165, 1.54) is 46.5 Å². The minimum atomic E-state index is -0.438. The van der Waals surface area contributed by atoms with Crippen molar-refractivity contribution in [1.29, 1.82) is 0 Å². The summed E-state index contributed by atoms with van der Waals surface area (Å²) in [5.74, 6) is 0.113. The molecule has 0 aliphatic carbocycles. The van der Waals surface area contributed by atoms with Crippen LogP contribution >= 0.6 is 0 Å². The van der Waals surface area contributed by atoms with Gasteiger partial charge in [0.05, 0.1) is 46.7 Å². The largest absolute Gasteiger partial charge is 0.505 e. The molecule has 0 aliphatic rings. The third-order valence-electron chi connectivity index (χ3n) is 19.0. The number of aryl methyl sites for hydroxylation is 4. The topological polar surface area (TPSA) is 68.8 Å². The first-order valence-electron chi connectivity index (χ1n) is 34.3. The van der Waals surface area contributed by atoms with Crippen LogP contribution in [0.4, 0.5) is 8.78 Å². The molecule has 10 aromatic rings. The Morgan fingerprint density at radius 3 is 1.06 bits per heavy atom. The molecule has 0 spiro atoms. The van der Waals surface area contributed by atoms with Crippen molar-refractivity contribution >= 4 is 43.6 Å². The van der Waals surface area contributed by atoms with Gasteiger partial charge in [0.2, 0.25) is 0 Å². The lowest BCUT2D eigenvalue weighted by atomic mass is 9.71. The van der Waals surface area contributed by atoms with E-state index in [0.717, 1.165) is 106 Å². The smallest absolute Gasteiger partial charge is 0.147 e. The molecule has 6 nitrogen and oxygen atoms in total. The van der Waals surface area contributed by atoms with Gasteiger partial charge in [0, 0.05) is 50.2 Å². The highest BCUT2D eigenvalue weighted by atomic mass is 19.1. The third kappa shape index (κ3) is 14.3. The van der Waals surface area contributed by atoms with Gasteiger partial charge >= 0.3 is 0 Å². The number of ether oxygens (including phenoxy) is 2. The van der Waals surface area contributed by atoms with Gasteiger partial charge in [0.25, 0.3) is 0 Å². The molecule has 0 saturated carbocycles. The second-order valence-corrected chi connectivity index (χ2v) is 32.8. The monoisotopic (exact) mass is 1250 g/mol. The van der Waals surface area contributed by atoms with Crippen LogP contribution in [0.15, 0.2) is 121 Å². The molecule has 0 fully saturated rings. The lowest BCUT2D eigenvalue weighted by Crippen LogP contribution is -2.25. The van der Waals surface area contributed by atoms with E-state index in [9.17, 15) is 10.2 Å². The molecule has 492 valence electrons. The zero-order valence-corrected chi connectivity index (χ0v) is 59.7. The van der Waals surface area contributed by atoms with Gasteiger partial charge in [-0.2, -0.15) is 0 Å². The molecule has 8 heteroatoms. The molecule has 2 heterocycles. The summed E-state index contributed by atoms with van der Waals surface area (Å²) in [4.78, 5) is 0. The molecule has 2 N–H and O–H groups in total. The van der Waals surface area contributed by atoms with Crippen molar-refractivity contribution < 1.29 is 28.5 Å². The third-order valence-corrected chi connectivity index (χ3v) is 19.0. The first kappa shape index (κ1) is 68.3. The molecule has 0 atom stereocenters. The van der Waals surface area contributed by atoms with Crippen LogP contribution in [0.25, 0.3) is 77.2 Å². The van der Waals surface area contributed by atoms with Crippen LogP contribution in [0, 0.1) is 36.3 Å². The molecule has 0 saturated heterocycles. The summed E-state index contributed by atoms with van der Waals surface area (Å²) in [6.45, 7) is 44.4. The predicted octanol–water partition coefficient (Wildman–Crippen LogP) is 24.1. The van der Waals surface area contributed by atoms with Gasteiger partial charge in [-0.15, -0.1) is 0 Å². The van der Waals surface area contributed by atoms with Crippen molar-refractivity contribution in [3.8, 4) is 56.6 Å². The fourth-order valence-corrected chi connectivity index (χ4v) is 14.9. The Morgan fingerprint density at radius 1 is 0.387 bits per heavy atom. The minimum Gasteiger partial charge on any atom is -0.505 e. The number of halogens is 2. The average Bonchev–Trinajstić information content (AvgIpc) is 1.66. The summed E-state index contributed by atoms with van der Waals surface area (Å²) in [6, 6.07) is 41.3. The van der Waals surface area contributed by atoms with E-state index in [4.69, 9.17) is 9.47 Å². The Kier molecular flexibility index (Phi) is 18.8. The number of aromatic hydroxyl groups is 2. The van der Waals surface area contributed by atoms with Crippen LogP contribution in [0.1, 0.15) is 214 Å². The van der Waals surface area contributed by atoms with Crippen molar-refractivity contribution in [1.82, 2.24) is 9.13 Å². The standard InChI is InChI=1S/C85H104F2N2O4/c1-21-23-26-54-28-32-62-64-34-30-56(82(11,12)13)44-72(64)88(70(62)40-54)74-46-58(84(17,18)50-80(5,6)7)42-66(76(74)90)68-48-60(86)38-52(3)78(68)92-36-25-37-93-79-53(4)39-61(87)49-69(79)67-43-59(85(19,20)51-81(8,9)10)47-75(77(67)91)89-71-41-55(27-24-22-2)29-33-63(71)65-35-31-57(45-73(65)89)83(14,15)16/h28-35,38-49,90-91H,21-27,36-37,50-51H2,1-20H3. The Morgan fingerprint density at radius 2 is 0.731 bits per heavy atom. The fraction of sp³-hybridized carbons (Fsp3) is 0.435. The maximum atomic E-state index is 16.3. The SMILES string of the molecule is CCCCc1ccc2c3ccc(C(C)(C)C)cc3n(-c3cc(C(C)(C)CC(C)(C)C)cc(-c4cc(F)cc(C)c4OCCCOc4c(C)cc(F)cc4-c4cc(C(C)(C)CC(C)(C)C)cc(-n5c6cc(CCCC)ccc6c6ccc(C(C)(C)C)cc65)c4O)c3O)c2c1. The minimum absolute atomic E-state index is 0.0310. The molecule has 0 bridgehead atoms. The number of hydrogen-bond donors (Lipinski definition) is 2. The second-order valence-electron chi connectivity index (χ2n) is 32.8. The maximum Gasteiger partial charge on any atom is 0.147 e. The number of hydrogen-bond acceptors (Lipinski definition) is 4. The number of phenolic OH excluding ortho intramolecular Hbond substituents is 2. The van der Waals surface area contributed by atoms with Gasteiger partial charge in [-0.3, -0.25) is 0 Å². The Bertz CT molecular complexity index is 4160. The molecule has 93 heavy (non-hydrogen) atoms. The van der Waals surface area contributed by atoms with Crippen LogP contribution < -0.4 is 9.47 Å². The quantitative estimate of drug-likeness (QED) is 0.0746. The number of fused-ring (bicyclic) bond motifs is 6. The highest BCUT2D eigenvalue weighted by Crippen LogP contribution is 2.51. The van der Waals surface area contributed by atoms with E-state index in [1.807, 2.05) is 26.0 Å². The first-order valence-corrected chi connectivity index (χ1v) is 34.3. The second kappa shape index (κ2) is 25.6. The number of nitrogens with zero attached hydrogens (tertiary/aromatic N) is 2. The van der Waals surface area contributed by atoms with Gasteiger partial charge in [0.15, 0.2) is 0 Å². The number of phenols is 2. The first-order chi connectivity index (χ1) is 43.5. The number of rotatable bonds is 20. The van der Waals surface area contributed by atoms with E-state index >= 15 is 8.78 Å². The van der Waals surface area contributed by atoms with Gasteiger partial charge in [-0.1, -0.05) is 186 Å². The Balaban J connectivity index is 1.06. The van der Waals surface area contributed by atoms with E-state index in [1.54, 1.807) is 0 Å². The highest BCUT2D eigenvalue weighted by Gasteiger charge is 2.34. The van der Waals surface area contributed by atoms with E-state index in [0.29, 0.717) is 62.7 Å². The molecule has 0 aliphatic heterocycles. The lowest BCUT2D eigenvalue weighted by molar-refractivity contribution is 0.246. The summed E-state index contributed by atoms with van der Waals surface area (Å²) < 4.78 is 50.8. The summed E-state index contributed by atoms with van der Waals surface area (Å²) in [5, 5.41) is 30.8. The van der Waals surface area contributed by atoms with Gasteiger partial charge in [-0.25, -0.2) is 8.78 Å². The lowest BCUT2D eigenvalue weighted by Gasteiger charge is -2.34. The van der Waals surface area contributed by atoms with E-state index in [2.05, 4.69) is 219 Å². The predicted molar refractivity (Wildman–Crippen MR) is 390 cm³/mol. The summed E-state index contributed by atoms with van der Waals surface area (Å²) in [5.41, 5.74) is 14.0. The average molecular weight is 1260 g/mol. The van der Waals surface area contributed by atoms with E-state index in [-0.39, 0.29) is 57.2 Å². The summed E-state index contributed by atoms with van der Waals surface area (Å²) in [6.07, 6.45) is 8.23. The van der Waals surface area contributed by atoms with Crippen molar-refractivity contribution in [3.05, 3.63) is 177 Å². The Hall–Kier alpha value is -7.58. The molecule has 0 amide bonds. The summed E-state index contributed by atoms with van der Waals surface area (Å²) in [7, 11) is 0. The molecule has 2 aromatic heterocycles. The number of aromatic nitrogens is 2. The van der Waals surface area contributed by atoms with Crippen molar-refractivity contribution in [2.75, 3.05) is 13.2 Å². The van der Waals surface area contributed by atoms with Gasteiger partial charge < -0.3 is 28.8 Å². The van der Waals surface area contributed by atoms with Crippen molar-refractivity contribution in [2.24, 2.45) is 10.8 Å². The van der Waals surface area contributed by atoms with Gasteiger partial charge in [0.1, 0.15) is 34.6 Å². The van der Waals surface area contributed by atoms with Crippen LogP contribution in [-0.2, 0) is 34.5 Å². The van der Waals surface area contributed by atoms with Gasteiger partial charge in [-0.05, 0) is 202 Å². The van der Waals surface area contributed by atoms with E-state index < -0.39 is 11.6 Å². The van der Waals surface area contributed by atoms with Crippen LogP contribution in [0.3, 0.4) is 0 Å². The molecular formula is C85H104F2N2O4. The normalized spacial score (nSPS) is 13.0. The Labute approximate surface area is 554 Å². The molecule has 0 unspecified atom stereocenters. The highest BCUT2D eigenvalue weighted by molar-refractivity contribution is 6.11. The van der Waals surface area contributed by atoms with Crippen LogP contribution in [-0.4, -0.2) is 32.6 Å². The van der Waals surface area contributed by atoms with Crippen LogP contribution in [0.5, 0.6) is 23.0 Å². The number of unbranched alkanes of at least 4 members (excludes halogenated alkanes) is 2. The molecule has 10 rings (SSSR count). The number of benzene rings is 8. The maximum absolute atomic E-state index is 16.3. The van der Waals surface area contributed by atoms with Crippen molar-refractivity contribution in [2.45, 2.75) is 218 Å². The zero-order valence-electron chi connectivity index (χ0n) is 59.7. The van der Waals surface area contributed by atoms with Crippen molar-refractivity contribution in [3.63, 3.8) is 0 Å². The molecule has 0 radical (unpaired) electrons. The zero-order chi connectivity index (χ0) is 67.7. The molecular weight excluding hydrogens is 1150 g/mol. The van der Waals surface area contributed by atoms with Crippen LogP contribution in [0.2, 0.25) is 0 Å². The fourth-order valence-electron chi connectivity index (χ4n) is 14.9. The summed E-state index contributed by atoms with van der Waals surface area (Å²) >= 11 is 0.